The topological polar surface area (TPSA) is 91.5 Å². The van der Waals surface area contributed by atoms with Gasteiger partial charge in [-0.3, -0.25) is 4.79 Å². The van der Waals surface area contributed by atoms with E-state index in [9.17, 15) is 4.79 Å². The first-order chi connectivity index (χ1) is 10.7. The lowest BCUT2D eigenvalue weighted by atomic mass is 10.1. The Balaban J connectivity index is 0.00000529. The van der Waals surface area contributed by atoms with Crippen molar-refractivity contribution in [1.82, 2.24) is 21.1 Å². The second-order valence-electron chi connectivity index (χ2n) is 6.47. The zero-order valence-electron chi connectivity index (χ0n) is 15.4. The molecule has 138 valence electrons. The number of carbonyl (C=O) groups is 1. The number of amides is 1. The lowest BCUT2D eigenvalue weighted by molar-refractivity contribution is -0.121. The van der Waals surface area contributed by atoms with Gasteiger partial charge in [-0.25, -0.2) is 4.99 Å². The highest BCUT2D eigenvalue weighted by Crippen LogP contribution is 2.11. The number of hydrogen-bond donors (Lipinski definition) is 3. The molecule has 0 fully saturated rings. The molecule has 0 saturated heterocycles. The minimum atomic E-state index is -0.248. The number of guanidine groups is 1. The third-order valence-electron chi connectivity index (χ3n) is 3.09. The molecule has 24 heavy (non-hydrogen) atoms. The third kappa shape index (κ3) is 8.51. The lowest BCUT2D eigenvalue weighted by Gasteiger charge is -2.20. The van der Waals surface area contributed by atoms with E-state index >= 15 is 0 Å². The number of nitrogens with zero attached hydrogens (tertiary/aromatic N) is 2. The maximum atomic E-state index is 11.8. The smallest absolute Gasteiger partial charge is 0.242 e. The van der Waals surface area contributed by atoms with Gasteiger partial charge in [0.1, 0.15) is 12.3 Å². The summed E-state index contributed by atoms with van der Waals surface area (Å²) in [6.45, 7) is 13.2. The van der Waals surface area contributed by atoms with Crippen LogP contribution < -0.4 is 16.0 Å². The Morgan fingerprint density at radius 1 is 1.25 bits per heavy atom. The Morgan fingerprint density at radius 3 is 2.42 bits per heavy atom. The second-order valence-corrected chi connectivity index (χ2v) is 6.47. The van der Waals surface area contributed by atoms with Crippen LogP contribution >= 0.6 is 24.0 Å². The normalized spacial score (nSPS) is 11.7. The number of aryl methyl sites for hydroxylation is 2. The van der Waals surface area contributed by atoms with Crippen molar-refractivity contribution in [3.05, 3.63) is 17.0 Å². The molecule has 0 aliphatic rings. The van der Waals surface area contributed by atoms with Crippen LogP contribution in [0.25, 0.3) is 0 Å². The third-order valence-corrected chi connectivity index (χ3v) is 3.09. The van der Waals surface area contributed by atoms with E-state index in [1.807, 2.05) is 41.5 Å². The molecule has 1 heterocycles. The molecule has 0 bridgehead atoms. The minimum Gasteiger partial charge on any atom is -0.361 e. The second kappa shape index (κ2) is 10.5. The van der Waals surface area contributed by atoms with E-state index in [1.165, 1.54) is 0 Å². The molecule has 0 atom stereocenters. The summed E-state index contributed by atoms with van der Waals surface area (Å²) in [4.78, 5) is 16.1. The van der Waals surface area contributed by atoms with Crippen molar-refractivity contribution in [2.75, 3.05) is 19.6 Å². The molecule has 0 aromatic carbocycles. The number of carbonyl (C=O) groups excluding carboxylic acids is 1. The van der Waals surface area contributed by atoms with Gasteiger partial charge in [0.25, 0.3) is 0 Å². The summed E-state index contributed by atoms with van der Waals surface area (Å²) in [5.74, 6) is 1.37. The van der Waals surface area contributed by atoms with Gasteiger partial charge in [-0.15, -0.1) is 24.0 Å². The van der Waals surface area contributed by atoms with Crippen LogP contribution in [0.3, 0.4) is 0 Å². The molecular formula is C16H30IN5O2. The maximum absolute atomic E-state index is 11.8. The Kier molecular flexibility index (Phi) is 9.95. The van der Waals surface area contributed by atoms with Crippen LogP contribution in [0.1, 0.15) is 44.7 Å². The molecular weight excluding hydrogens is 421 g/mol. The SMILES string of the molecule is CCNC(=NCC(=O)NC(C)(C)C)NCCc1c(C)noc1C.I. The van der Waals surface area contributed by atoms with E-state index in [4.69, 9.17) is 4.52 Å². The van der Waals surface area contributed by atoms with Gasteiger partial charge in [0, 0.05) is 24.2 Å². The predicted octanol–water partition coefficient (Wildman–Crippen LogP) is 1.92. The quantitative estimate of drug-likeness (QED) is 0.349. The van der Waals surface area contributed by atoms with Gasteiger partial charge in [-0.1, -0.05) is 5.16 Å². The van der Waals surface area contributed by atoms with Crippen LogP contribution in [0.15, 0.2) is 9.52 Å². The molecule has 7 nitrogen and oxygen atoms in total. The van der Waals surface area contributed by atoms with Gasteiger partial charge in [-0.05, 0) is 48.0 Å². The number of aliphatic imine (C=N–C) groups is 1. The van der Waals surface area contributed by atoms with Crippen molar-refractivity contribution in [2.45, 2.75) is 53.5 Å². The first kappa shape index (κ1) is 22.7. The maximum Gasteiger partial charge on any atom is 0.242 e. The zero-order chi connectivity index (χ0) is 17.5. The molecule has 0 saturated carbocycles. The van der Waals surface area contributed by atoms with Crippen molar-refractivity contribution in [3.63, 3.8) is 0 Å². The van der Waals surface area contributed by atoms with Crippen LogP contribution in [-0.4, -0.2) is 42.2 Å². The molecule has 1 aromatic rings. The van der Waals surface area contributed by atoms with Gasteiger partial charge < -0.3 is 20.5 Å². The Labute approximate surface area is 161 Å². The Hall–Kier alpha value is -1.32. The highest BCUT2D eigenvalue weighted by atomic mass is 127. The van der Waals surface area contributed by atoms with Crippen LogP contribution in [0.2, 0.25) is 0 Å². The fourth-order valence-electron chi connectivity index (χ4n) is 2.12. The zero-order valence-corrected chi connectivity index (χ0v) is 17.8. The average Bonchev–Trinajstić information content (AvgIpc) is 2.74. The summed E-state index contributed by atoms with van der Waals surface area (Å²) in [6, 6.07) is 0. The highest BCUT2D eigenvalue weighted by molar-refractivity contribution is 14.0. The number of halogens is 1. The monoisotopic (exact) mass is 451 g/mol. The van der Waals surface area contributed by atoms with Crippen molar-refractivity contribution >= 4 is 35.8 Å². The molecule has 8 heteroatoms. The van der Waals surface area contributed by atoms with E-state index in [2.05, 4.69) is 26.1 Å². The van der Waals surface area contributed by atoms with E-state index in [1.54, 1.807) is 0 Å². The van der Waals surface area contributed by atoms with Crippen molar-refractivity contribution < 1.29 is 9.32 Å². The summed E-state index contributed by atoms with van der Waals surface area (Å²) < 4.78 is 5.15. The molecule has 0 unspecified atom stereocenters. The first-order valence-corrected chi connectivity index (χ1v) is 7.98. The Bertz CT molecular complexity index is 530. The van der Waals surface area contributed by atoms with E-state index < -0.39 is 0 Å². The van der Waals surface area contributed by atoms with Crippen LogP contribution in [-0.2, 0) is 11.2 Å². The predicted molar refractivity (Wildman–Crippen MR) is 107 cm³/mol. The number of hydrogen-bond acceptors (Lipinski definition) is 4. The summed E-state index contributed by atoms with van der Waals surface area (Å²) in [5, 5.41) is 13.2. The number of nitrogens with one attached hydrogen (secondary N) is 3. The summed E-state index contributed by atoms with van der Waals surface area (Å²) in [6.07, 6.45) is 0.791. The van der Waals surface area contributed by atoms with Gasteiger partial charge in [0.15, 0.2) is 5.96 Å². The van der Waals surface area contributed by atoms with E-state index in [-0.39, 0.29) is 42.0 Å². The highest BCUT2D eigenvalue weighted by Gasteiger charge is 2.13. The van der Waals surface area contributed by atoms with Crippen molar-refractivity contribution in [3.8, 4) is 0 Å². The summed E-state index contributed by atoms with van der Waals surface area (Å²) in [5.41, 5.74) is 1.77. The molecule has 1 rings (SSSR count). The average molecular weight is 451 g/mol. The largest absolute Gasteiger partial charge is 0.361 e. The summed E-state index contributed by atoms with van der Waals surface area (Å²) in [7, 11) is 0. The standard InChI is InChI=1S/C16H29N5O2.HI/c1-7-17-15(19-10-14(22)20-16(4,5)6)18-9-8-13-11(2)21-23-12(13)3;/h7-10H2,1-6H3,(H,20,22)(H2,17,18,19);1H. The number of aromatic nitrogens is 1. The molecule has 0 radical (unpaired) electrons. The fourth-order valence-corrected chi connectivity index (χ4v) is 2.12. The molecule has 1 aromatic heterocycles. The molecule has 0 aliphatic carbocycles. The van der Waals surface area contributed by atoms with E-state index in [0.29, 0.717) is 12.5 Å². The Morgan fingerprint density at radius 2 is 1.92 bits per heavy atom. The first-order valence-electron chi connectivity index (χ1n) is 7.98. The van der Waals surface area contributed by atoms with Crippen LogP contribution in [0.4, 0.5) is 0 Å². The van der Waals surface area contributed by atoms with Crippen molar-refractivity contribution in [1.29, 1.82) is 0 Å². The van der Waals surface area contributed by atoms with Gasteiger partial charge in [-0.2, -0.15) is 0 Å². The van der Waals surface area contributed by atoms with Gasteiger partial charge in [0.2, 0.25) is 5.91 Å². The summed E-state index contributed by atoms with van der Waals surface area (Å²) >= 11 is 0. The fraction of sp³-hybridized carbons (Fsp3) is 0.688. The lowest BCUT2D eigenvalue weighted by Crippen LogP contribution is -2.43. The van der Waals surface area contributed by atoms with Gasteiger partial charge >= 0.3 is 0 Å². The number of rotatable bonds is 6. The molecule has 0 spiro atoms. The minimum absolute atomic E-state index is 0. The molecule has 3 N–H and O–H groups in total. The van der Waals surface area contributed by atoms with Crippen molar-refractivity contribution in [2.24, 2.45) is 4.99 Å². The molecule has 1 amide bonds. The van der Waals surface area contributed by atoms with Crippen LogP contribution in [0, 0.1) is 13.8 Å². The van der Waals surface area contributed by atoms with Gasteiger partial charge in [0.05, 0.1) is 5.69 Å². The van der Waals surface area contributed by atoms with Crippen LogP contribution in [0.5, 0.6) is 0 Å². The molecule has 0 aliphatic heterocycles. The van der Waals surface area contributed by atoms with E-state index in [0.717, 1.165) is 30.0 Å².